The predicted octanol–water partition coefficient (Wildman–Crippen LogP) is 1.80. The van der Waals surface area contributed by atoms with Crippen molar-refractivity contribution < 1.29 is 0 Å². The summed E-state index contributed by atoms with van der Waals surface area (Å²) in [5, 5.41) is 4.18. The van der Waals surface area contributed by atoms with Crippen molar-refractivity contribution in [2.75, 3.05) is 13.6 Å². The zero-order valence-electron chi connectivity index (χ0n) is 7.84. The molecule has 0 bridgehead atoms. The largest absolute Gasteiger partial charge is 0.263 e. The maximum Gasteiger partial charge on any atom is 0.0521 e. The molecule has 0 radical (unpaired) electrons. The van der Waals surface area contributed by atoms with Gasteiger partial charge in [-0.15, -0.1) is 4.91 Å². The van der Waals surface area contributed by atoms with Crippen LogP contribution in [0.1, 0.15) is 18.5 Å². The molecule has 0 fully saturated rings. The fourth-order valence-electron chi connectivity index (χ4n) is 1.19. The first-order chi connectivity index (χ1) is 6.24. The van der Waals surface area contributed by atoms with E-state index in [1.165, 1.54) is 5.01 Å². The fourth-order valence-corrected chi connectivity index (χ4v) is 1.19. The van der Waals surface area contributed by atoms with E-state index in [1.54, 1.807) is 13.2 Å². The number of likely N-dealkylation sites (N-methyl/N-ethyl adjacent to an activating group) is 1. The Balaban J connectivity index is 2.58. The van der Waals surface area contributed by atoms with Crippen molar-refractivity contribution in [1.82, 2.24) is 9.99 Å². The molecule has 4 nitrogen and oxygen atoms in total. The molecule has 0 saturated heterocycles. The normalized spacial score (nSPS) is 12.2. The van der Waals surface area contributed by atoms with Crippen LogP contribution in [0.3, 0.4) is 0 Å². The molecule has 0 spiro atoms. The predicted molar refractivity (Wildman–Crippen MR) is 51.1 cm³/mol. The summed E-state index contributed by atoms with van der Waals surface area (Å²) in [6, 6.07) is 5.76. The molecule has 1 rings (SSSR count). The van der Waals surface area contributed by atoms with Crippen molar-refractivity contribution in [1.29, 1.82) is 0 Å². The Kier molecular flexibility index (Phi) is 3.37. The van der Waals surface area contributed by atoms with E-state index in [-0.39, 0.29) is 5.92 Å². The molecule has 4 heteroatoms. The van der Waals surface area contributed by atoms with Crippen LogP contribution in [-0.2, 0) is 0 Å². The zero-order chi connectivity index (χ0) is 9.68. The lowest BCUT2D eigenvalue weighted by molar-refractivity contribution is 0.328. The highest BCUT2D eigenvalue weighted by molar-refractivity contribution is 5.08. The Bertz CT molecular complexity index is 263. The van der Waals surface area contributed by atoms with Crippen LogP contribution in [0.4, 0.5) is 0 Å². The maximum atomic E-state index is 10.1. The molecule has 1 unspecified atom stereocenters. The number of rotatable bonds is 4. The molecule has 0 saturated carbocycles. The van der Waals surface area contributed by atoms with Gasteiger partial charge in [-0.3, -0.25) is 9.99 Å². The molecule has 0 N–H and O–H groups in total. The lowest BCUT2D eigenvalue weighted by Gasteiger charge is -2.14. The second kappa shape index (κ2) is 4.54. The molecule has 0 aliphatic carbocycles. The average molecular weight is 179 g/mol. The standard InChI is InChI=1S/C9H13N3O/c1-8(7-12(2)11-13)9-5-3-4-6-10-9/h3-6,8H,7H2,1-2H3. The van der Waals surface area contributed by atoms with E-state index in [9.17, 15) is 4.91 Å². The smallest absolute Gasteiger partial charge is 0.0521 e. The Labute approximate surface area is 77.5 Å². The topological polar surface area (TPSA) is 45.6 Å². The first-order valence-electron chi connectivity index (χ1n) is 4.19. The third-order valence-corrected chi connectivity index (χ3v) is 1.87. The SMILES string of the molecule is CC(CN(C)N=O)c1ccccn1. The minimum absolute atomic E-state index is 0.226. The van der Waals surface area contributed by atoms with Crippen molar-refractivity contribution in [2.45, 2.75) is 12.8 Å². The van der Waals surface area contributed by atoms with Crippen molar-refractivity contribution in [2.24, 2.45) is 5.29 Å². The first kappa shape index (κ1) is 9.64. The Morgan fingerprint density at radius 3 is 2.92 bits per heavy atom. The molecule has 13 heavy (non-hydrogen) atoms. The molecule has 0 aliphatic heterocycles. The quantitative estimate of drug-likeness (QED) is 0.523. The molecular formula is C9H13N3O. The number of aromatic nitrogens is 1. The van der Waals surface area contributed by atoms with Gasteiger partial charge in [0.05, 0.1) is 5.29 Å². The second-order valence-electron chi connectivity index (χ2n) is 3.08. The summed E-state index contributed by atoms with van der Waals surface area (Å²) >= 11 is 0. The summed E-state index contributed by atoms with van der Waals surface area (Å²) in [7, 11) is 1.66. The maximum absolute atomic E-state index is 10.1. The van der Waals surface area contributed by atoms with Gasteiger partial charge in [-0.1, -0.05) is 13.0 Å². The van der Waals surface area contributed by atoms with Gasteiger partial charge in [0.2, 0.25) is 0 Å². The van der Waals surface area contributed by atoms with E-state index in [4.69, 9.17) is 0 Å². The van der Waals surface area contributed by atoms with E-state index in [0.29, 0.717) is 6.54 Å². The van der Waals surface area contributed by atoms with Gasteiger partial charge in [0, 0.05) is 31.4 Å². The van der Waals surface area contributed by atoms with Crippen LogP contribution in [-0.4, -0.2) is 23.6 Å². The van der Waals surface area contributed by atoms with Crippen molar-refractivity contribution in [3.05, 3.63) is 35.0 Å². The van der Waals surface area contributed by atoms with E-state index in [2.05, 4.69) is 10.3 Å². The average Bonchev–Trinajstić information content (AvgIpc) is 2.19. The Hall–Kier alpha value is -1.45. The van der Waals surface area contributed by atoms with Crippen LogP contribution in [0.15, 0.2) is 29.7 Å². The molecule has 1 atom stereocenters. The van der Waals surface area contributed by atoms with Gasteiger partial charge in [0.1, 0.15) is 0 Å². The Morgan fingerprint density at radius 2 is 2.38 bits per heavy atom. The number of hydrogen-bond acceptors (Lipinski definition) is 3. The van der Waals surface area contributed by atoms with Gasteiger partial charge in [-0.2, -0.15) is 0 Å². The van der Waals surface area contributed by atoms with Gasteiger partial charge in [-0.05, 0) is 12.1 Å². The van der Waals surface area contributed by atoms with Gasteiger partial charge < -0.3 is 0 Å². The van der Waals surface area contributed by atoms with Crippen molar-refractivity contribution >= 4 is 0 Å². The van der Waals surface area contributed by atoms with Gasteiger partial charge >= 0.3 is 0 Å². The monoisotopic (exact) mass is 179 g/mol. The molecule has 70 valence electrons. The molecule has 1 aromatic rings. The van der Waals surface area contributed by atoms with E-state index in [1.807, 2.05) is 25.1 Å². The zero-order valence-corrected chi connectivity index (χ0v) is 7.84. The fraction of sp³-hybridized carbons (Fsp3) is 0.444. The molecule has 0 amide bonds. The Morgan fingerprint density at radius 1 is 1.62 bits per heavy atom. The molecular weight excluding hydrogens is 166 g/mol. The highest BCUT2D eigenvalue weighted by Gasteiger charge is 2.08. The lowest BCUT2D eigenvalue weighted by Crippen LogP contribution is -2.17. The highest BCUT2D eigenvalue weighted by Crippen LogP contribution is 2.12. The van der Waals surface area contributed by atoms with E-state index in [0.717, 1.165) is 5.69 Å². The van der Waals surface area contributed by atoms with Gasteiger partial charge in [0.25, 0.3) is 0 Å². The van der Waals surface area contributed by atoms with Gasteiger partial charge in [0.15, 0.2) is 0 Å². The molecule has 1 heterocycles. The number of nitroso groups, excluding NO2 is 1. The van der Waals surface area contributed by atoms with Crippen LogP contribution >= 0.6 is 0 Å². The number of nitrogens with zero attached hydrogens (tertiary/aromatic N) is 3. The summed E-state index contributed by atoms with van der Waals surface area (Å²) in [5.41, 5.74) is 0.984. The number of pyridine rings is 1. The van der Waals surface area contributed by atoms with E-state index >= 15 is 0 Å². The van der Waals surface area contributed by atoms with Crippen LogP contribution in [0.5, 0.6) is 0 Å². The minimum Gasteiger partial charge on any atom is -0.263 e. The number of hydrogen-bond donors (Lipinski definition) is 0. The first-order valence-corrected chi connectivity index (χ1v) is 4.19. The van der Waals surface area contributed by atoms with E-state index < -0.39 is 0 Å². The molecule has 0 aromatic carbocycles. The van der Waals surface area contributed by atoms with Crippen LogP contribution < -0.4 is 0 Å². The minimum atomic E-state index is 0.226. The summed E-state index contributed by atoms with van der Waals surface area (Å²) in [6.07, 6.45) is 1.75. The highest BCUT2D eigenvalue weighted by atomic mass is 16.3. The summed E-state index contributed by atoms with van der Waals surface area (Å²) in [4.78, 5) is 14.3. The molecule has 0 aliphatic rings. The van der Waals surface area contributed by atoms with Gasteiger partial charge in [-0.25, -0.2) is 0 Å². The van der Waals surface area contributed by atoms with Crippen LogP contribution in [0, 0.1) is 4.91 Å². The second-order valence-corrected chi connectivity index (χ2v) is 3.08. The van der Waals surface area contributed by atoms with Crippen LogP contribution in [0.2, 0.25) is 0 Å². The molecule has 1 aromatic heterocycles. The third kappa shape index (κ3) is 2.82. The third-order valence-electron chi connectivity index (χ3n) is 1.87. The summed E-state index contributed by atoms with van der Waals surface area (Å²) < 4.78 is 0. The van der Waals surface area contributed by atoms with Crippen LogP contribution in [0.25, 0.3) is 0 Å². The summed E-state index contributed by atoms with van der Waals surface area (Å²) in [5.74, 6) is 0.226. The van der Waals surface area contributed by atoms with Crippen molar-refractivity contribution in [3.8, 4) is 0 Å². The van der Waals surface area contributed by atoms with Crippen molar-refractivity contribution in [3.63, 3.8) is 0 Å². The summed E-state index contributed by atoms with van der Waals surface area (Å²) in [6.45, 7) is 2.62. The lowest BCUT2D eigenvalue weighted by atomic mass is 10.1.